The molecule has 0 aliphatic carbocycles. The molecule has 0 radical (unpaired) electrons. The smallest absolute Gasteiger partial charge is 0.350 e. The molecule has 194 valence electrons. The number of rotatable bonds is 5. The Balaban J connectivity index is 0.000000598. The zero-order chi connectivity index (χ0) is 26.4. The van der Waals surface area contributed by atoms with E-state index in [0.29, 0.717) is 10.7 Å². The van der Waals surface area contributed by atoms with Crippen LogP contribution in [0.15, 0.2) is 89.6 Å². The number of terminal acetylenes is 1. The number of nitrogens with zero attached hydrogens (tertiary/aromatic N) is 2. The van der Waals surface area contributed by atoms with Gasteiger partial charge in [-0.1, -0.05) is 6.07 Å². The average molecular weight is 582 g/mol. The van der Waals surface area contributed by atoms with Gasteiger partial charge in [-0.05, 0) is 50.3 Å². The van der Waals surface area contributed by atoms with E-state index < -0.39 is 11.6 Å². The maximum atomic E-state index is 13.9. The van der Waals surface area contributed by atoms with E-state index in [1.165, 1.54) is 11.3 Å². The molecule has 0 saturated carbocycles. The largest absolute Gasteiger partial charge is 2.00 e. The molecule has 1 N–H and O–H groups in total. The number of carbonyl (C=O) groups is 2. The third-order valence-electron chi connectivity index (χ3n) is 5.36. The molecule has 0 spiro atoms. The molecule has 0 aliphatic rings. The predicted molar refractivity (Wildman–Crippen MR) is 153 cm³/mol. The number of amides is 2. The Morgan fingerprint density at radius 3 is 2.39 bits per heavy atom. The van der Waals surface area contributed by atoms with E-state index in [9.17, 15) is 9.59 Å². The molecule has 38 heavy (non-hydrogen) atoms. The van der Waals surface area contributed by atoms with Gasteiger partial charge in [-0.15, -0.1) is 29.1 Å². The number of nitrogens with one attached hydrogen (secondary N) is 1. The van der Waals surface area contributed by atoms with Gasteiger partial charge in [0, 0.05) is 21.0 Å². The van der Waals surface area contributed by atoms with Gasteiger partial charge in [0.2, 0.25) is 5.91 Å². The molecule has 1 unspecified atom stereocenters. The molecule has 2 heterocycles. The zero-order valence-electron chi connectivity index (χ0n) is 21.2. The summed E-state index contributed by atoms with van der Waals surface area (Å²) in [5.41, 5.74) is 1.12. The maximum absolute atomic E-state index is 13.9. The number of thiazole rings is 1. The molecule has 0 bridgehead atoms. The second-order valence-electron chi connectivity index (χ2n) is 9.29. The fourth-order valence-corrected chi connectivity index (χ4v) is 5.27. The molecule has 3 aromatic carbocycles. The van der Waals surface area contributed by atoms with Gasteiger partial charge in [0.1, 0.15) is 5.69 Å². The van der Waals surface area contributed by atoms with E-state index in [0.717, 1.165) is 15.6 Å². The fourth-order valence-electron chi connectivity index (χ4n) is 3.86. The number of carbonyl (C=O) groups excluding carboxylic acids is 2. The quantitative estimate of drug-likeness (QED) is 0.142. The van der Waals surface area contributed by atoms with Crippen LogP contribution in [0.25, 0.3) is 10.1 Å². The number of hydrogen-bond donors (Lipinski definition) is 1. The first kappa shape index (κ1) is 29.1. The first-order valence-electron chi connectivity index (χ1n) is 11.7. The van der Waals surface area contributed by atoms with Crippen LogP contribution in [0.1, 0.15) is 47.9 Å². The molecule has 8 heteroatoms. The Morgan fingerprint density at radius 1 is 1.05 bits per heavy atom. The van der Waals surface area contributed by atoms with Crippen molar-refractivity contribution in [3.63, 3.8) is 0 Å². The summed E-state index contributed by atoms with van der Waals surface area (Å²) in [6, 6.07) is 24.3. The molecular formula is C30H27FeN3O2S2. The summed E-state index contributed by atoms with van der Waals surface area (Å²) < 4.78 is 1.03. The zero-order valence-corrected chi connectivity index (χ0v) is 23.9. The summed E-state index contributed by atoms with van der Waals surface area (Å²) in [5.74, 6) is 1.83. The first-order chi connectivity index (χ1) is 17.8. The standard InChI is InChI=1S/C25H22N3O2S2.C5H5.Fe/c1-5-21-26-18(15-32-21)24(30)28(19-11-8-12-20-17(19)13-14-31-20)22(16-9-6-7-10-16)23(29)27-25(2,3)4;1-2-4-5-3-1;/h1,6-15,22H,2-4H3,(H,27,29);1-5H;/q2*-1;+2. The topological polar surface area (TPSA) is 62.3 Å². The van der Waals surface area contributed by atoms with Gasteiger partial charge in [0.05, 0.1) is 11.7 Å². The van der Waals surface area contributed by atoms with Gasteiger partial charge in [-0.3, -0.25) is 9.59 Å². The first-order valence-corrected chi connectivity index (χ1v) is 13.5. The third kappa shape index (κ3) is 6.89. The van der Waals surface area contributed by atoms with Crippen molar-refractivity contribution in [3.05, 3.63) is 106 Å². The number of hydrogen-bond acceptors (Lipinski definition) is 5. The normalized spacial score (nSPS) is 11.4. The van der Waals surface area contributed by atoms with Crippen molar-refractivity contribution in [1.82, 2.24) is 10.3 Å². The summed E-state index contributed by atoms with van der Waals surface area (Å²) in [6.07, 6.45) is 5.48. The van der Waals surface area contributed by atoms with E-state index >= 15 is 0 Å². The van der Waals surface area contributed by atoms with Crippen LogP contribution in [0, 0.1) is 12.3 Å². The van der Waals surface area contributed by atoms with Crippen molar-refractivity contribution in [2.45, 2.75) is 32.4 Å². The molecule has 2 aromatic heterocycles. The molecule has 5 rings (SSSR count). The van der Waals surface area contributed by atoms with E-state index in [1.54, 1.807) is 21.6 Å². The van der Waals surface area contributed by atoms with Gasteiger partial charge in [-0.25, -0.2) is 23.2 Å². The predicted octanol–water partition coefficient (Wildman–Crippen LogP) is 6.76. The van der Waals surface area contributed by atoms with Crippen LogP contribution in [0.4, 0.5) is 5.69 Å². The van der Waals surface area contributed by atoms with Crippen LogP contribution >= 0.6 is 22.7 Å². The summed E-state index contributed by atoms with van der Waals surface area (Å²) in [7, 11) is 0. The number of thiophene rings is 1. The summed E-state index contributed by atoms with van der Waals surface area (Å²) >= 11 is 2.81. The second kappa shape index (κ2) is 12.9. The minimum atomic E-state index is -0.877. The van der Waals surface area contributed by atoms with Gasteiger partial charge in [-0.2, -0.15) is 42.0 Å². The molecule has 1 atom stereocenters. The second-order valence-corrected chi connectivity index (χ2v) is 11.1. The summed E-state index contributed by atoms with van der Waals surface area (Å²) in [4.78, 5) is 33.3. The van der Waals surface area contributed by atoms with Crippen LogP contribution in [0.5, 0.6) is 0 Å². The van der Waals surface area contributed by atoms with E-state index in [4.69, 9.17) is 6.42 Å². The Morgan fingerprint density at radius 2 is 1.82 bits per heavy atom. The molecule has 5 aromatic rings. The van der Waals surface area contributed by atoms with Gasteiger partial charge in [0.15, 0.2) is 5.01 Å². The third-order valence-corrected chi connectivity index (χ3v) is 7.02. The van der Waals surface area contributed by atoms with Crippen molar-refractivity contribution >= 4 is 50.3 Å². The van der Waals surface area contributed by atoms with Crippen LogP contribution in [0.3, 0.4) is 0 Å². The SMILES string of the molecule is C#Cc1nc(C(=O)N(c2cccc3sccc23)C(C(=O)NC(C)(C)C)c2cc[cH-]c2)cs1.[Fe+2].c1cc[cH-]c1. The number of benzene rings is 1. The van der Waals surface area contributed by atoms with Crippen molar-refractivity contribution in [2.24, 2.45) is 0 Å². The van der Waals surface area contributed by atoms with Gasteiger partial charge >= 0.3 is 17.1 Å². The van der Waals surface area contributed by atoms with Crippen LogP contribution in [-0.4, -0.2) is 22.3 Å². The van der Waals surface area contributed by atoms with Crippen LogP contribution in [-0.2, 0) is 21.9 Å². The molecular weight excluding hydrogens is 554 g/mol. The van der Waals surface area contributed by atoms with Crippen LogP contribution in [0.2, 0.25) is 0 Å². The number of fused-ring (bicyclic) bond motifs is 1. The van der Waals surface area contributed by atoms with Crippen LogP contribution < -0.4 is 10.2 Å². The van der Waals surface area contributed by atoms with Crippen molar-refractivity contribution < 1.29 is 26.7 Å². The number of anilines is 1. The van der Waals surface area contributed by atoms with E-state index in [2.05, 4.69) is 16.2 Å². The molecule has 0 aliphatic heterocycles. The average Bonchev–Trinajstić information content (AvgIpc) is 3.69. The minimum absolute atomic E-state index is 0. The van der Waals surface area contributed by atoms with Gasteiger partial charge in [0.25, 0.3) is 5.91 Å². The van der Waals surface area contributed by atoms with Gasteiger partial charge < -0.3 is 10.2 Å². The Bertz CT molecular complexity index is 1490. The molecule has 2 amide bonds. The maximum Gasteiger partial charge on any atom is 2.00 e. The Hall–Kier alpha value is -3.47. The minimum Gasteiger partial charge on any atom is -0.350 e. The Kier molecular flexibility index (Phi) is 9.84. The van der Waals surface area contributed by atoms with E-state index in [-0.39, 0.29) is 34.6 Å². The monoisotopic (exact) mass is 581 g/mol. The fraction of sp³-hybridized carbons (Fsp3) is 0.167. The summed E-state index contributed by atoms with van der Waals surface area (Å²) in [5, 5.41) is 7.98. The Labute approximate surface area is 241 Å². The van der Waals surface area contributed by atoms with E-state index in [1.807, 2.05) is 105 Å². The summed E-state index contributed by atoms with van der Waals surface area (Å²) in [6.45, 7) is 5.75. The number of aromatic nitrogens is 1. The molecule has 5 nitrogen and oxygen atoms in total. The molecule has 0 saturated heterocycles. The molecule has 0 fully saturated rings. The van der Waals surface area contributed by atoms with Crippen molar-refractivity contribution in [2.75, 3.05) is 4.90 Å². The van der Waals surface area contributed by atoms with Crippen molar-refractivity contribution in [1.29, 1.82) is 0 Å². The van der Waals surface area contributed by atoms with Crippen molar-refractivity contribution in [3.8, 4) is 12.3 Å².